The molecule has 3 saturated heterocycles. The van der Waals surface area contributed by atoms with Crippen LogP contribution in [0.1, 0.15) is 93.1 Å². The average molecular weight is 1090 g/mol. The summed E-state index contributed by atoms with van der Waals surface area (Å²) in [7, 11) is 0. The number of benzene rings is 2. The Morgan fingerprint density at radius 1 is 0.873 bits per heavy atom. The predicted octanol–water partition coefficient (Wildman–Crippen LogP) is 7.98. The van der Waals surface area contributed by atoms with Crippen LogP contribution in [0.15, 0.2) is 89.0 Å². The number of carbonyl (C=O) groups excluding carboxylic acids is 2. The Labute approximate surface area is 465 Å². The van der Waals surface area contributed by atoms with Gasteiger partial charge in [0.25, 0.3) is 0 Å². The third-order valence-electron chi connectivity index (χ3n) is 17.3. The van der Waals surface area contributed by atoms with E-state index in [2.05, 4.69) is 67.4 Å². The molecule has 0 unspecified atom stereocenters. The summed E-state index contributed by atoms with van der Waals surface area (Å²) >= 11 is 1.60. The van der Waals surface area contributed by atoms with E-state index >= 15 is 0 Å². The maximum atomic E-state index is 14.4. The predicted molar refractivity (Wildman–Crippen MR) is 304 cm³/mol. The number of aryl methyl sites for hydroxylation is 1. The number of phenolic OH excluding ortho intramolecular Hbond substituents is 1. The number of aliphatic hydroxyl groups excluding tert-OH is 1. The Morgan fingerprint density at radius 2 is 1.65 bits per heavy atom. The lowest BCUT2D eigenvalue weighted by molar-refractivity contribution is -0.141. The molecule has 5 aliphatic rings. The van der Waals surface area contributed by atoms with Crippen molar-refractivity contribution in [1.29, 1.82) is 0 Å². The van der Waals surface area contributed by atoms with Gasteiger partial charge in [0, 0.05) is 99.4 Å². The number of likely N-dealkylation sites (tertiary alicyclic amines) is 2. The minimum absolute atomic E-state index is 0.0880. The molecule has 414 valence electrons. The van der Waals surface area contributed by atoms with Gasteiger partial charge >= 0.3 is 0 Å². The van der Waals surface area contributed by atoms with Crippen LogP contribution in [-0.2, 0) is 22.6 Å². The standard InChI is InChI=1S/C60H72N12O6S/c1-36(2)56(60(76)72-33-44(73)28-51(72)59(75)63-37(3)41-9-11-42(12-10-41)57-38(4)62-35-79-57)53-30-54(67-78-53)70-23-21-69(22-24-70)31-39-14-18-68(19-15-39)32-40-25-45(26-40)77-55-27-43(13-17-61-55)71-20-16-46-48-29-49(47-7-5-6-8-52(47)74)65-66-58(48)64-50(46)34-71/h5-13,17,27,29-30,35-37,39-40,44-45,51,56,73-74H,14-16,18-26,28,31-34H2,1-4H3,(H,63,75)(H,64,66)/t37-,40?,44+,45?,51-,56+/m0/s1. The second kappa shape index (κ2) is 22.7. The molecule has 0 radical (unpaired) electrons. The molecule has 12 rings (SSSR count). The number of aromatic nitrogens is 6. The van der Waals surface area contributed by atoms with Crippen LogP contribution in [-0.4, -0.2) is 151 Å². The number of phenols is 1. The third kappa shape index (κ3) is 11.3. The zero-order valence-corrected chi connectivity index (χ0v) is 46.4. The molecule has 79 heavy (non-hydrogen) atoms. The number of thiazole rings is 1. The highest BCUT2D eigenvalue weighted by Gasteiger charge is 2.44. The second-order valence-electron chi connectivity index (χ2n) is 23.0. The number of aliphatic hydroxyl groups is 1. The van der Waals surface area contributed by atoms with E-state index in [1.54, 1.807) is 22.3 Å². The van der Waals surface area contributed by atoms with E-state index in [4.69, 9.17) is 9.26 Å². The summed E-state index contributed by atoms with van der Waals surface area (Å²) in [5.74, 6) is 2.13. The number of aromatic amines is 1. The second-order valence-corrected chi connectivity index (χ2v) is 23.9. The SMILES string of the molecule is Cc1ncsc1-c1ccc([C@H](C)NC(=O)[C@@H]2C[C@@H](O)CN2C(=O)[C@@H](c2cc(N3CCN(CC4CCN(CC5CC(Oc6cc(N7CCc8c([nH]c9nnc(-c%10ccccc%10O)cc89)C7)ccn6)C5)CC4)CC3)no2)C(C)C)cc1. The van der Waals surface area contributed by atoms with Crippen LogP contribution >= 0.6 is 11.3 Å². The number of fused-ring (bicyclic) bond motifs is 3. The summed E-state index contributed by atoms with van der Waals surface area (Å²) in [6.07, 6.45) is 6.81. The summed E-state index contributed by atoms with van der Waals surface area (Å²) in [6, 6.07) is 22.3. The molecular formula is C60H72N12O6S. The zero-order chi connectivity index (χ0) is 54.3. The molecule has 0 bridgehead atoms. The Bertz CT molecular complexity index is 3270. The molecule has 9 heterocycles. The number of rotatable bonds is 16. The molecule has 4 fully saturated rings. The van der Waals surface area contributed by atoms with Gasteiger partial charge in [-0.2, -0.15) is 0 Å². The van der Waals surface area contributed by atoms with Gasteiger partial charge in [-0.3, -0.25) is 14.5 Å². The van der Waals surface area contributed by atoms with Crippen molar-refractivity contribution in [3.05, 3.63) is 113 Å². The first-order valence-electron chi connectivity index (χ1n) is 28.4. The average Bonchev–Trinajstić information content (AvgIpc) is 4.33. The van der Waals surface area contributed by atoms with Crippen molar-refractivity contribution in [2.45, 2.75) is 103 Å². The Kier molecular flexibility index (Phi) is 15.1. The minimum Gasteiger partial charge on any atom is -0.507 e. The quantitative estimate of drug-likeness (QED) is 0.0724. The van der Waals surface area contributed by atoms with Crippen LogP contribution < -0.4 is 19.9 Å². The fraction of sp³-hybridized carbons (Fsp3) is 0.483. The van der Waals surface area contributed by atoms with Crippen molar-refractivity contribution < 1.29 is 29.1 Å². The van der Waals surface area contributed by atoms with Crippen molar-refractivity contribution in [2.75, 3.05) is 75.2 Å². The number of anilines is 2. The van der Waals surface area contributed by atoms with Crippen LogP contribution in [0.2, 0.25) is 0 Å². The van der Waals surface area contributed by atoms with E-state index in [9.17, 15) is 19.8 Å². The Morgan fingerprint density at radius 3 is 2.41 bits per heavy atom. The molecule has 4 atom stereocenters. The monoisotopic (exact) mass is 1090 g/mol. The molecule has 19 heteroatoms. The summed E-state index contributed by atoms with van der Waals surface area (Å²) in [4.78, 5) is 53.2. The van der Waals surface area contributed by atoms with Crippen molar-refractivity contribution in [3.8, 4) is 33.3 Å². The summed E-state index contributed by atoms with van der Waals surface area (Å²) in [5, 5.41) is 38.8. The minimum atomic E-state index is -0.799. The number of ether oxygens (including phenoxy) is 1. The van der Waals surface area contributed by atoms with Crippen molar-refractivity contribution >= 4 is 45.7 Å². The molecule has 4 N–H and O–H groups in total. The number of nitrogens with one attached hydrogen (secondary N) is 2. The molecule has 2 amide bonds. The number of aromatic hydroxyl groups is 1. The van der Waals surface area contributed by atoms with Crippen LogP contribution in [0, 0.1) is 24.7 Å². The van der Waals surface area contributed by atoms with E-state index in [1.807, 2.05) is 94.0 Å². The van der Waals surface area contributed by atoms with Crippen molar-refractivity contribution in [3.63, 3.8) is 0 Å². The van der Waals surface area contributed by atoms with Gasteiger partial charge in [0.2, 0.25) is 17.7 Å². The van der Waals surface area contributed by atoms with Gasteiger partial charge in [-0.1, -0.05) is 55.4 Å². The number of piperazine rings is 1. The molecule has 1 saturated carbocycles. The number of H-pyrrole nitrogens is 1. The Hall–Kier alpha value is -6.93. The molecule has 4 aliphatic heterocycles. The molecule has 7 aromatic rings. The summed E-state index contributed by atoms with van der Waals surface area (Å²) < 4.78 is 12.4. The van der Waals surface area contributed by atoms with Crippen LogP contribution in [0.4, 0.5) is 11.5 Å². The van der Waals surface area contributed by atoms with Gasteiger partial charge in [0.1, 0.15) is 23.8 Å². The van der Waals surface area contributed by atoms with Gasteiger partial charge in [0.15, 0.2) is 17.2 Å². The summed E-state index contributed by atoms with van der Waals surface area (Å²) in [6.45, 7) is 17.6. The highest BCUT2D eigenvalue weighted by molar-refractivity contribution is 7.13. The topological polar surface area (TPSA) is 205 Å². The maximum Gasteiger partial charge on any atom is 0.243 e. The van der Waals surface area contributed by atoms with Crippen molar-refractivity contribution in [2.24, 2.45) is 17.8 Å². The first-order valence-corrected chi connectivity index (χ1v) is 29.2. The molecule has 1 aliphatic carbocycles. The highest BCUT2D eigenvalue weighted by Crippen LogP contribution is 2.38. The molecule has 18 nitrogen and oxygen atoms in total. The normalized spacial score (nSPS) is 22.0. The zero-order valence-electron chi connectivity index (χ0n) is 45.6. The first-order chi connectivity index (χ1) is 38.4. The molecule has 2 aromatic carbocycles. The van der Waals surface area contributed by atoms with E-state index in [0.717, 1.165) is 135 Å². The van der Waals surface area contributed by atoms with Gasteiger partial charge < -0.3 is 49.4 Å². The summed E-state index contributed by atoms with van der Waals surface area (Å²) in [5.41, 5.74) is 10.5. The number of β-amino-alcohol motifs (C(OH)–C–C–N with tert-alkyl or cyclic N) is 1. The number of para-hydroxylation sites is 1. The van der Waals surface area contributed by atoms with Crippen LogP contribution in [0.5, 0.6) is 11.6 Å². The number of carbonyl (C=O) groups is 2. The number of piperidine rings is 1. The lowest BCUT2D eigenvalue weighted by Gasteiger charge is -2.42. The largest absolute Gasteiger partial charge is 0.507 e. The van der Waals surface area contributed by atoms with Gasteiger partial charge in [-0.05, 0) is 118 Å². The van der Waals surface area contributed by atoms with Gasteiger partial charge in [0.05, 0.1) is 40.5 Å². The molecule has 0 spiro atoms. The Balaban J connectivity index is 0.565. The van der Waals surface area contributed by atoms with Crippen LogP contribution in [0.25, 0.3) is 32.7 Å². The lowest BCUT2D eigenvalue weighted by atomic mass is 9.81. The highest BCUT2D eigenvalue weighted by atomic mass is 32.1. The third-order valence-corrected chi connectivity index (χ3v) is 18.3. The number of hydrogen-bond acceptors (Lipinski definition) is 16. The van der Waals surface area contributed by atoms with E-state index in [-0.39, 0.29) is 48.6 Å². The van der Waals surface area contributed by atoms with E-state index < -0.39 is 18.1 Å². The van der Waals surface area contributed by atoms with Gasteiger partial charge in [-0.25, -0.2) is 9.97 Å². The number of hydrogen-bond donors (Lipinski definition) is 4. The van der Waals surface area contributed by atoms with E-state index in [1.165, 1.54) is 18.4 Å². The van der Waals surface area contributed by atoms with Crippen LogP contribution in [0.3, 0.4) is 0 Å². The molecule has 5 aromatic heterocycles. The smallest absolute Gasteiger partial charge is 0.243 e. The maximum absolute atomic E-state index is 14.4. The molecular weight excluding hydrogens is 1020 g/mol. The van der Waals surface area contributed by atoms with Crippen molar-refractivity contribution in [1.82, 2.24) is 50.3 Å². The fourth-order valence-electron chi connectivity index (χ4n) is 12.8. The fourth-order valence-corrected chi connectivity index (χ4v) is 13.6. The number of nitrogens with zero attached hydrogens (tertiary/aromatic N) is 10. The first kappa shape index (κ1) is 52.8. The number of amides is 2. The lowest BCUT2D eigenvalue weighted by Crippen LogP contribution is -2.49. The van der Waals surface area contributed by atoms with E-state index in [0.29, 0.717) is 34.7 Å². The number of pyridine rings is 1. The van der Waals surface area contributed by atoms with Gasteiger partial charge in [-0.15, -0.1) is 21.5 Å².